The predicted molar refractivity (Wildman–Crippen MR) is 112 cm³/mol. The van der Waals surface area contributed by atoms with E-state index in [1.807, 2.05) is 0 Å². The van der Waals surface area contributed by atoms with Gasteiger partial charge in [0.25, 0.3) is 0 Å². The van der Waals surface area contributed by atoms with Crippen LogP contribution in [0.5, 0.6) is 0 Å². The molecule has 146 valence electrons. The van der Waals surface area contributed by atoms with E-state index in [2.05, 4.69) is 4.98 Å². The van der Waals surface area contributed by atoms with E-state index in [0.717, 1.165) is 11.1 Å². The van der Waals surface area contributed by atoms with Crippen molar-refractivity contribution in [2.24, 2.45) is 0 Å². The van der Waals surface area contributed by atoms with E-state index in [0.29, 0.717) is 47.5 Å². The van der Waals surface area contributed by atoms with Crippen LogP contribution in [-0.4, -0.2) is 30.8 Å². The number of benzene rings is 2. The van der Waals surface area contributed by atoms with Crippen LogP contribution in [0, 0.1) is 0 Å². The summed E-state index contributed by atoms with van der Waals surface area (Å²) in [5.74, 6) is 0.740. The Bertz CT molecular complexity index is 1120. The predicted octanol–water partition coefficient (Wildman–Crippen LogP) is 5.31. The molecule has 1 fully saturated rings. The van der Waals surface area contributed by atoms with E-state index in [9.17, 15) is 8.42 Å². The molecule has 2 heterocycles. The van der Waals surface area contributed by atoms with Gasteiger partial charge in [-0.1, -0.05) is 35.3 Å². The molecule has 1 aromatic heterocycles. The first kappa shape index (κ1) is 19.5. The minimum Gasteiger partial charge on any atom is -0.440 e. The molecule has 4 rings (SSSR count). The molecule has 0 N–H and O–H groups in total. The highest BCUT2D eigenvalue weighted by atomic mass is 35.5. The summed E-state index contributed by atoms with van der Waals surface area (Å²) >= 11 is 11.8. The van der Waals surface area contributed by atoms with Crippen molar-refractivity contribution < 1.29 is 12.8 Å². The Morgan fingerprint density at radius 3 is 2.43 bits per heavy atom. The molecule has 0 atom stereocenters. The number of hydrogen-bond acceptors (Lipinski definition) is 4. The molecule has 2 aromatic carbocycles. The Balaban J connectivity index is 1.43. The fourth-order valence-electron chi connectivity index (χ4n) is 3.27. The Morgan fingerprint density at radius 2 is 1.71 bits per heavy atom. The lowest BCUT2D eigenvalue weighted by molar-refractivity contribution is 0.296. The van der Waals surface area contributed by atoms with Gasteiger partial charge in [-0.2, -0.15) is 4.31 Å². The van der Waals surface area contributed by atoms with Gasteiger partial charge in [-0.3, -0.25) is 0 Å². The van der Waals surface area contributed by atoms with Crippen LogP contribution < -0.4 is 0 Å². The molecule has 0 radical (unpaired) electrons. The lowest BCUT2D eigenvalue weighted by Gasteiger charge is -2.28. The second kappa shape index (κ2) is 7.87. The van der Waals surface area contributed by atoms with Crippen LogP contribution >= 0.6 is 23.2 Å². The molecule has 1 aliphatic rings. The minimum absolute atomic E-state index is 0.0953. The Kier molecular flexibility index (Phi) is 5.47. The van der Waals surface area contributed by atoms with Crippen molar-refractivity contribution in [3.8, 4) is 0 Å². The van der Waals surface area contributed by atoms with Crippen LogP contribution in [0.25, 0.3) is 17.2 Å². The molecule has 0 spiro atoms. The third kappa shape index (κ3) is 4.25. The number of oxazole rings is 1. The quantitative estimate of drug-likeness (QED) is 0.555. The minimum atomic E-state index is -3.48. The molecule has 3 aromatic rings. The Morgan fingerprint density at radius 1 is 1.04 bits per heavy atom. The van der Waals surface area contributed by atoms with Gasteiger partial charge in [0, 0.05) is 34.5 Å². The van der Waals surface area contributed by atoms with Gasteiger partial charge >= 0.3 is 0 Å². The third-order valence-electron chi connectivity index (χ3n) is 4.83. The summed E-state index contributed by atoms with van der Waals surface area (Å²) < 4.78 is 32.5. The zero-order valence-electron chi connectivity index (χ0n) is 14.9. The van der Waals surface area contributed by atoms with E-state index in [-0.39, 0.29) is 5.92 Å². The topological polar surface area (TPSA) is 63.4 Å². The van der Waals surface area contributed by atoms with Crippen molar-refractivity contribution in [3.05, 3.63) is 69.4 Å². The summed E-state index contributed by atoms with van der Waals surface area (Å²) in [6, 6.07) is 12.3. The number of hydrogen-bond donors (Lipinski definition) is 0. The van der Waals surface area contributed by atoms with Crippen molar-refractivity contribution in [2.45, 2.75) is 18.8 Å². The van der Waals surface area contributed by atoms with Crippen LogP contribution in [0.15, 0.2) is 52.3 Å². The Labute approximate surface area is 173 Å². The fourth-order valence-corrected chi connectivity index (χ4v) is 4.79. The molecule has 8 heteroatoms. The average Bonchev–Trinajstić information content (AvgIpc) is 3.11. The lowest BCUT2D eigenvalue weighted by atomic mass is 9.98. The Hall–Kier alpha value is -1.86. The first-order chi connectivity index (χ1) is 13.4. The van der Waals surface area contributed by atoms with E-state index in [4.69, 9.17) is 27.6 Å². The van der Waals surface area contributed by atoms with E-state index in [1.165, 1.54) is 9.71 Å². The van der Waals surface area contributed by atoms with Gasteiger partial charge in [-0.25, -0.2) is 13.4 Å². The number of fused-ring (bicyclic) bond motifs is 1. The number of aromatic nitrogens is 1. The highest BCUT2D eigenvalue weighted by molar-refractivity contribution is 7.92. The van der Waals surface area contributed by atoms with Crippen molar-refractivity contribution in [3.63, 3.8) is 0 Å². The van der Waals surface area contributed by atoms with Crippen LogP contribution in [0.2, 0.25) is 10.0 Å². The van der Waals surface area contributed by atoms with Gasteiger partial charge in [0.2, 0.25) is 10.0 Å². The first-order valence-electron chi connectivity index (χ1n) is 8.90. The summed E-state index contributed by atoms with van der Waals surface area (Å²) in [6.45, 7) is 0.856. The molecule has 0 unspecified atom stereocenters. The maximum Gasteiger partial charge on any atom is 0.236 e. The van der Waals surface area contributed by atoms with Crippen molar-refractivity contribution >= 4 is 50.4 Å². The number of nitrogens with zero attached hydrogens (tertiary/aromatic N) is 2. The van der Waals surface area contributed by atoms with Gasteiger partial charge in [-0.05, 0) is 54.8 Å². The molecule has 0 aliphatic carbocycles. The summed E-state index contributed by atoms with van der Waals surface area (Å²) in [5, 5.41) is 2.47. The highest BCUT2D eigenvalue weighted by Crippen LogP contribution is 2.31. The normalized spacial score (nSPS) is 16.9. The summed E-state index contributed by atoms with van der Waals surface area (Å²) in [4.78, 5) is 4.52. The number of halogens is 2. The van der Waals surface area contributed by atoms with Crippen molar-refractivity contribution in [2.75, 3.05) is 13.1 Å². The van der Waals surface area contributed by atoms with Gasteiger partial charge in [0.1, 0.15) is 5.52 Å². The molecule has 5 nitrogen and oxygen atoms in total. The van der Waals surface area contributed by atoms with Gasteiger partial charge < -0.3 is 4.42 Å². The van der Waals surface area contributed by atoms with Gasteiger partial charge in [0.05, 0.1) is 0 Å². The smallest absolute Gasteiger partial charge is 0.236 e. The van der Waals surface area contributed by atoms with Gasteiger partial charge in [-0.15, -0.1) is 0 Å². The molecular weight excluding hydrogens is 419 g/mol. The zero-order valence-corrected chi connectivity index (χ0v) is 17.2. The average molecular weight is 437 g/mol. The lowest BCUT2D eigenvalue weighted by Crippen LogP contribution is -2.36. The maximum atomic E-state index is 12.6. The van der Waals surface area contributed by atoms with Crippen LogP contribution in [0.1, 0.15) is 30.2 Å². The SMILES string of the molecule is O=S(=O)(/C=C/c1ccc(Cl)cc1)N1CCC(c2nc3cc(Cl)ccc3o2)CC1. The van der Waals surface area contributed by atoms with Gasteiger partial charge in [0.15, 0.2) is 11.5 Å². The van der Waals surface area contributed by atoms with Crippen LogP contribution in [0.3, 0.4) is 0 Å². The molecule has 0 bridgehead atoms. The summed E-state index contributed by atoms with van der Waals surface area (Å²) in [5.41, 5.74) is 2.21. The third-order valence-corrected chi connectivity index (χ3v) is 6.88. The van der Waals surface area contributed by atoms with Crippen molar-refractivity contribution in [1.29, 1.82) is 0 Å². The van der Waals surface area contributed by atoms with Crippen LogP contribution in [-0.2, 0) is 10.0 Å². The fraction of sp³-hybridized carbons (Fsp3) is 0.250. The monoisotopic (exact) mass is 436 g/mol. The number of piperidine rings is 1. The molecule has 28 heavy (non-hydrogen) atoms. The largest absolute Gasteiger partial charge is 0.440 e. The van der Waals surface area contributed by atoms with E-state index >= 15 is 0 Å². The van der Waals surface area contributed by atoms with E-state index in [1.54, 1.807) is 48.5 Å². The molecular formula is C20H18Cl2N2O3S. The second-order valence-electron chi connectivity index (χ2n) is 6.74. The molecule has 0 saturated carbocycles. The highest BCUT2D eigenvalue weighted by Gasteiger charge is 2.29. The van der Waals surface area contributed by atoms with E-state index < -0.39 is 10.0 Å². The zero-order chi connectivity index (χ0) is 19.7. The number of sulfonamides is 1. The molecule has 0 amide bonds. The number of rotatable bonds is 4. The van der Waals surface area contributed by atoms with Crippen molar-refractivity contribution in [1.82, 2.24) is 9.29 Å². The summed E-state index contributed by atoms with van der Waals surface area (Å²) in [6.07, 6.45) is 2.91. The standard InChI is InChI=1S/C20H18Cl2N2O3S/c21-16-3-1-14(2-4-16)9-12-28(25,26)24-10-7-15(8-11-24)20-23-18-13-17(22)5-6-19(18)27-20/h1-6,9,12-13,15H,7-8,10-11H2/b12-9+. The maximum absolute atomic E-state index is 12.6. The molecule has 1 saturated heterocycles. The first-order valence-corrected chi connectivity index (χ1v) is 11.2. The van der Waals surface area contributed by atoms with Crippen LogP contribution in [0.4, 0.5) is 0 Å². The second-order valence-corrected chi connectivity index (χ2v) is 9.43. The summed E-state index contributed by atoms with van der Waals surface area (Å²) in [7, 11) is -3.48. The molecule has 1 aliphatic heterocycles.